The highest BCUT2D eigenvalue weighted by Crippen LogP contribution is 2.24. The van der Waals surface area contributed by atoms with E-state index in [1.54, 1.807) is 18.2 Å². The molecule has 0 aliphatic heterocycles. The molecule has 4 nitrogen and oxygen atoms in total. The van der Waals surface area contributed by atoms with Gasteiger partial charge in [-0.2, -0.15) is 0 Å². The first kappa shape index (κ1) is 13.9. The topological polar surface area (TPSA) is 75.3 Å². The van der Waals surface area contributed by atoms with Gasteiger partial charge in [-0.25, -0.2) is 4.79 Å². The minimum atomic E-state index is -1.02. The number of benzene rings is 2. The SMILES string of the molecule is Cc1ccccc1C(C)Nc1ccc(N)c(C(=O)O)c1. The van der Waals surface area contributed by atoms with Crippen molar-refractivity contribution >= 4 is 17.3 Å². The van der Waals surface area contributed by atoms with Gasteiger partial charge in [-0.15, -0.1) is 0 Å². The third kappa shape index (κ3) is 2.91. The summed E-state index contributed by atoms with van der Waals surface area (Å²) in [6.45, 7) is 4.10. The lowest BCUT2D eigenvalue weighted by Crippen LogP contribution is -2.10. The van der Waals surface area contributed by atoms with Crippen LogP contribution in [0.2, 0.25) is 0 Å². The van der Waals surface area contributed by atoms with Gasteiger partial charge < -0.3 is 16.2 Å². The van der Waals surface area contributed by atoms with Crippen molar-refractivity contribution in [3.05, 3.63) is 59.2 Å². The summed E-state index contributed by atoms with van der Waals surface area (Å²) in [4.78, 5) is 11.1. The summed E-state index contributed by atoms with van der Waals surface area (Å²) in [6, 6.07) is 13.1. The molecule has 0 saturated carbocycles. The van der Waals surface area contributed by atoms with Gasteiger partial charge in [0.25, 0.3) is 0 Å². The lowest BCUT2D eigenvalue weighted by molar-refractivity contribution is 0.0698. The van der Waals surface area contributed by atoms with Crippen molar-refractivity contribution < 1.29 is 9.90 Å². The molecule has 104 valence electrons. The van der Waals surface area contributed by atoms with Crippen molar-refractivity contribution in [3.63, 3.8) is 0 Å². The Kier molecular flexibility index (Phi) is 3.94. The van der Waals surface area contributed by atoms with Gasteiger partial charge in [-0.1, -0.05) is 24.3 Å². The van der Waals surface area contributed by atoms with Crippen molar-refractivity contribution in [2.45, 2.75) is 19.9 Å². The second-order valence-corrected chi connectivity index (χ2v) is 4.83. The van der Waals surface area contributed by atoms with Crippen LogP contribution in [0.1, 0.15) is 34.5 Å². The summed E-state index contributed by atoms with van der Waals surface area (Å²) in [5, 5.41) is 12.4. The molecule has 0 spiro atoms. The molecule has 0 amide bonds. The van der Waals surface area contributed by atoms with E-state index in [1.165, 1.54) is 11.1 Å². The highest BCUT2D eigenvalue weighted by molar-refractivity contribution is 5.94. The van der Waals surface area contributed by atoms with Crippen LogP contribution in [0.15, 0.2) is 42.5 Å². The molecule has 0 aliphatic carbocycles. The fourth-order valence-electron chi connectivity index (χ4n) is 2.23. The Morgan fingerprint density at radius 1 is 1.25 bits per heavy atom. The Morgan fingerprint density at radius 3 is 2.60 bits per heavy atom. The molecule has 4 heteroatoms. The standard InChI is InChI=1S/C16H18N2O2/c1-10-5-3-4-6-13(10)11(2)18-12-7-8-15(17)14(9-12)16(19)20/h3-9,11,18H,17H2,1-2H3,(H,19,20). The molecule has 1 unspecified atom stereocenters. The van der Waals surface area contributed by atoms with Crippen molar-refractivity contribution in [1.29, 1.82) is 0 Å². The number of nitrogen functional groups attached to an aromatic ring is 1. The van der Waals surface area contributed by atoms with Crippen LogP contribution < -0.4 is 11.1 Å². The molecule has 0 heterocycles. The Balaban J connectivity index is 2.24. The van der Waals surface area contributed by atoms with E-state index in [4.69, 9.17) is 10.8 Å². The number of nitrogens with one attached hydrogen (secondary N) is 1. The van der Waals surface area contributed by atoms with Gasteiger partial charge in [0.05, 0.1) is 5.56 Å². The van der Waals surface area contributed by atoms with Crippen LogP contribution in [0, 0.1) is 6.92 Å². The predicted molar refractivity (Wildman–Crippen MR) is 81.0 cm³/mol. The fraction of sp³-hybridized carbons (Fsp3) is 0.188. The number of carboxylic acid groups (broad SMARTS) is 1. The Morgan fingerprint density at radius 2 is 1.95 bits per heavy atom. The van der Waals surface area contributed by atoms with Crippen molar-refractivity contribution in [2.24, 2.45) is 0 Å². The zero-order valence-corrected chi connectivity index (χ0v) is 11.6. The fourth-order valence-corrected chi connectivity index (χ4v) is 2.23. The van der Waals surface area contributed by atoms with Gasteiger partial charge in [-0.05, 0) is 43.2 Å². The largest absolute Gasteiger partial charge is 0.478 e. The maximum atomic E-state index is 11.1. The van der Waals surface area contributed by atoms with Crippen LogP contribution in [0.3, 0.4) is 0 Å². The molecular weight excluding hydrogens is 252 g/mol. The first-order valence-electron chi connectivity index (χ1n) is 6.44. The number of aromatic carboxylic acids is 1. The summed E-state index contributed by atoms with van der Waals surface area (Å²) in [7, 11) is 0. The van der Waals surface area contributed by atoms with Gasteiger partial charge >= 0.3 is 5.97 Å². The Labute approximate surface area is 118 Å². The number of hydrogen-bond donors (Lipinski definition) is 3. The van der Waals surface area contributed by atoms with E-state index in [2.05, 4.69) is 24.4 Å². The molecule has 2 aromatic rings. The van der Waals surface area contributed by atoms with Crippen LogP contribution in [0.5, 0.6) is 0 Å². The highest BCUT2D eigenvalue weighted by atomic mass is 16.4. The van der Waals surface area contributed by atoms with E-state index in [1.807, 2.05) is 19.1 Å². The molecule has 0 saturated heterocycles. The number of anilines is 2. The average Bonchev–Trinajstić information content (AvgIpc) is 2.41. The molecule has 4 N–H and O–H groups in total. The molecular formula is C16H18N2O2. The molecule has 20 heavy (non-hydrogen) atoms. The van der Waals surface area contributed by atoms with E-state index in [9.17, 15) is 4.79 Å². The zero-order valence-electron chi connectivity index (χ0n) is 11.6. The minimum Gasteiger partial charge on any atom is -0.478 e. The second-order valence-electron chi connectivity index (χ2n) is 4.83. The summed E-state index contributed by atoms with van der Waals surface area (Å²) in [6.07, 6.45) is 0. The van der Waals surface area contributed by atoms with Crippen molar-refractivity contribution in [1.82, 2.24) is 0 Å². The zero-order chi connectivity index (χ0) is 14.7. The van der Waals surface area contributed by atoms with Crippen molar-refractivity contribution in [2.75, 3.05) is 11.1 Å². The first-order chi connectivity index (χ1) is 9.49. The molecule has 0 fully saturated rings. The van der Waals surface area contributed by atoms with Gasteiger partial charge in [0.1, 0.15) is 0 Å². The van der Waals surface area contributed by atoms with E-state index in [0.717, 1.165) is 5.69 Å². The Hall–Kier alpha value is -2.49. The third-order valence-corrected chi connectivity index (χ3v) is 3.32. The lowest BCUT2D eigenvalue weighted by atomic mass is 10.0. The molecule has 1 atom stereocenters. The van der Waals surface area contributed by atoms with Crippen LogP contribution in [0.4, 0.5) is 11.4 Å². The van der Waals surface area contributed by atoms with Gasteiger partial charge in [0.15, 0.2) is 0 Å². The molecule has 2 aromatic carbocycles. The molecule has 0 radical (unpaired) electrons. The van der Waals surface area contributed by atoms with Crippen LogP contribution >= 0.6 is 0 Å². The van der Waals surface area contributed by atoms with Gasteiger partial charge in [0.2, 0.25) is 0 Å². The minimum absolute atomic E-state index is 0.0847. The van der Waals surface area contributed by atoms with Gasteiger partial charge in [0, 0.05) is 17.4 Å². The Bertz CT molecular complexity index is 638. The van der Waals surface area contributed by atoms with Crippen molar-refractivity contribution in [3.8, 4) is 0 Å². The number of carboxylic acids is 1. The van der Waals surface area contributed by atoms with Gasteiger partial charge in [-0.3, -0.25) is 0 Å². The predicted octanol–water partition coefficient (Wildman–Crippen LogP) is 3.45. The smallest absolute Gasteiger partial charge is 0.337 e. The number of aryl methyl sites for hydroxylation is 1. The summed E-state index contributed by atoms with van der Waals surface area (Å²) in [5.41, 5.74) is 9.16. The number of hydrogen-bond acceptors (Lipinski definition) is 3. The molecule has 0 bridgehead atoms. The lowest BCUT2D eigenvalue weighted by Gasteiger charge is -2.18. The van der Waals surface area contributed by atoms with Crippen LogP contribution in [-0.4, -0.2) is 11.1 Å². The average molecular weight is 270 g/mol. The number of nitrogens with two attached hydrogens (primary N) is 1. The van der Waals surface area contributed by atoms with E-state index in [0.29, 0.717) is 0 Å². The monoisotopic (exact) mass is 270 g/mol. The third-order valence-electron chi connectivity index (χ3n) is 3.32. The van der Waals surface area contributed by atoms with E-state index in [-0.39, 0.29) is 17.3 Å². The second kappa shape index (κ2) is 5.65. The summed E-state index contributed by atoms with van der Waals surface area (Å²) >= 11 is 0. The van der Waals surface area contributed by atoms with E-state index < -0.39 is 5.97 Å². The van der Waals surface area contributed by atoms with E-state index >= 15 is 0 Å². The first-order valence-corrected chi connectivity index (χ1v) is 6.44. The molecule has 2 rings (SSSR count). The maximum Gasteiger partial charge on any atom is 0.337 e. The highest BCUT2D eigenvalue weighted by Gasteiger charge is 2.11. The van der Waals surface area contributed by atoms with Crippen LogP contribution in [0.25, 0.3) is 0 Å². The number of carbonyl (C=O) groups is 1. The summed E-state index contributed by atoms with van der Waals surface area (Å²) in [5.74, 6) is -1.02. The van der Waals surface area contributed by atoms with Crippen LogP contribution in [-0.2, 0) is 0 Å². The quantitative estimate of drug-likeness (QED) is 0.744. The molecule has 0 aliphatic rings. The molecule has 0 aromatic heterocycles. The maximum absolute atomic E-state index is 11.1. The summed E-state index contributed by atoms with van der Waals surface area (Å²) < 4.78 is 0. The number of rotatable bonds is 4. The normalized spacial score (nSPS) is 11.9.